The van der Waals surface area contributed by atoms with Gasteiger partial charge in [0.1, 0.15) is 11.3 Å². The maximum Gasteiger partial charge on any atom is 0.270 e. The molecule has 1 fully saturated rings. The molecule has 1 aliphatic rings. The summed E-state index contributed by atoms with van der Waals surface area (Å²) in [6.07, 6.45) is 1.56. The SMILES string of the molecule is CCOc1ccc(/C=C2\C(=O)NC(=S)N(c3ccc(C)cc3C)C2=O)cc1. The van der Waals surface area contributed by atoms with Crippen molar-refractivity contribution in [2.24, 2.45) is 0 Å². The highest BCUT2D eigenvalue weighted by Crippen LogP contribution is 2.26. The van der Waals surface area contributed by atoms with Crippen LogP contribution in [0.4, 0.5) is 5.69 Å². The fourth-order valence-corrected chi connectivity index (χ4v) is 3.20. The summed E-state index contributed by atoms with van der Waals surface area (Å²) < 4.78 is 5.41. The molecule has 2 aromatic rings. The fourth-order valence-electron chi connectivity index (χ4n) is 2.93. The van der Waals surface area contributed by atoms with Crippen molar-refractivity contribution in [2.45, 2.75) is 20.8 Å². The Morgan fingerprint density at radius 3 is 2.44 bits per heavy atom. The number of nitrogens with one attached hydrogen (secondary N) is 1. The second kappa shape index (κ2) is 7.72. The quantitative estimate of drug-likeness (QED) is 0.501. The van der Waals surface area contributed by atoms with Gasteiger partial charge in [-0.1, -0.05) is 29.8 Å². The van der Waals surface area contributed by atoms with Crippen molar-refractivity contribution in [1.82, 2.24) is 5.32 Å². The van der Waals surface area contributed by atoms with Gasteiger partial charge in [-0.3, -0.25) is 19.8 Å². The van der Waals surface area contributed by atoms with E-state index in [1.165, 1.54) is 4.90 Å². The molecule has 0 radical (unpaired) electrons. The number of hydrogen-bond donors (Lipinski definition) is 1. The van der Waals surface area contributed by atoms with E-state index in [1.807, 2.05) is 39.0 Å². The van der Waals surface area contributed by atoms with Crippen molar-refractivity contribution in [3.63, 3.8) is 0 Å². The van der Waals surface area contributed by atoms with Crippen LogP contribution in [0.5, 0.6) is 5.75 Å². The van der Waals surface area contributed by atoms with Crippen LogP contribution in [-0.4, -0.2) is 23.5 Å². The third-order valence-corrected chi connectivity index (χ3v) is 4.48. The predicted octanol–water partition coefficient (Wildman–Crippen LogP) is 3.53. The Morgan fingerprint density at radius 2 is 1.81 bits per heavy atom. The molecule has 27 heavy (non-hydrogen) atoms. The summed E-state index contributed by atoms with van der Waals surface area (Å²) in [6, 6.07) is 12.9. The summed E-state index contributed by atoms with van der Waals surface area (Å²) >= 11 is 5.25. The lowest BCUT2D eigenvalue weighted by atomic mass is 10.0. The number of aryl methyl sites for hydroxylation is 2. The van der Waals surface area contributed by atoms with E-state index in [0.29, 0.717) is 12.3 Å². The molecule has 6 heteroatoms. The Hall–Kier alpha value is -2.99. The van der Waals surface area contributed by atoms with E-state index >= 15 is 0 Å². The number of carbonyl (C=O) groups is 2. The molecule has 0 spiro atoms. The normalized spacial score (nSPS) is 15.9. The van der Waals surface area contributed by atoms with E-state index < -0.39 is 11.8 Å². The molecule has 138 valence electrons. The average Bonchev–Trinajstić information content (AvgIpc) is 2.62. The zero-order valence-corrected chi connectivity index (χ0v) is 16.2. The maximum absolute atomic E-state index is 13.0. The molecule has 1 heterocycles. The largest absolute Gasteiger partial charge is 0.494 e. The van der Waals surface area contributed by atoms with Crippen LogP contribution in [0.25, 0.3) is 6.08 Å². The van der Waals surface area contributed by atoms with Gasteiger partial charge in [0, 0.05) is 0 Å². The number of nitrogens with zero attached hydrogens (tertiary/aromatic N) is 1. The Bertz CT molecular complexity index is 948. The van der Waals surface area contributed by atoms with Crippen molar-refractivity contribution >= 4 is 40.9 Å². The molecule has 1 saturated heterocycles. The van der Waals surface area contributed by atoms with Crippen LogP contribution in [0.1, 0.15) is 23.6 Å². The number of anilines is 1. The van der Waals surface area contributed by atoms with Gasteiger partial charge in [-0.25, -0.2) is 0 Å². The molecule has 1 aliphatic heterocycles. The predicted molar refractivity (Wildman–Crippen MR) is 110 cm³/mol. The number of carbonyl (C=O) groups excluding carboxylic acids is 2. The van der Waals surface area contributed by atoms with Gasteiger partial charge in [0.15, 0.2) is 5.11 Å². The molecule has 0 atom stereocenters. The Kier molecular flexibility index (Phi) is 5.37. The van der Waals surface area contributed by atoms with E-state index in [2.05, 4.69) is 5.32 Å². The molecule has 0 saturated carbocycles. The van der Waals surface area contributed by atoms with Crippen LogP contribution in [0, 0.1) is 13.8 Å². The summed E-state index contributed by atoms with van der Waals surface area (Å²) in [7, 11) is 0. The number of ether oxygens (including phenoxy) is 1. The zero-order valence-electron chi connectivity index (χ0n) is 15.4. The zero-order chi connectivity index (χ0) is 19.6. The van der Waals surface area contributed by atoms with E-state index in [1.54, 1.807) is 30.3 Å². The van der Waals surface area contributed by atoms with Gasteiger partial charge < -0.3 is 4.74 Å². The van der Waals surface area contributed by atoms with Crippen LogP contribution < -0.4 is 15.0 Å². The molecule has 3 rings (SSSR count). The van der Waals surface area contributed by atoms with Crippen LogP contribution in [0.2, 0.25) is 0 Å². The summed E-state index contributed by atoms with van der Waals surface area (Å²) in [5.41, 5.74) is 3.41. The van der Waals surface area contributed by atoms with Gasteiger partial charge in [0.2, 0.25) is 0 Å². The van der Waals surface area contributed by atoms with Crippen molar-refractivity contribution in [1.29, 1.82) is 0 Å². The lowest BCUT2D eigenvalue weighted by Gasteiger charge is -2.30. The van der Waals surface area contributed by atoms with E-state index in [4.69, 9.17) is 17.0 Å². The molecule has 0 unspecified atom stereocenters. The molecule has 5 nitrogen and oxygen atoms in total. The topological polar surface area (TPSA) is 58.6 Å². The highest BCUT2D eigenvalue weighted by Gasteiger charge is 2.35. The summed E-state index contributed by atoms with van der Waals surface area (Å²) in [4.78, 5) is 26.8. The molecule has 0 bridgehead atoms. The number of hydrogen-bond acceptors (Lipinski definition) is 4. The first-order chi connectivity index (χ1) is 12.9. The lowest BCUT2D eigenvalue weighted by molar-refractivity contribution is -0.122. The van der Waals surface area contributed by atoms with Gasteiger partial charge in [0.05, 0.1) is 12.3 Å². The third-order valence-electron chi connectivity index (χ3n) is 4.20. The molecule has 0 aromatic heterocycles. The minimum absolute atomic E-state index is 0.0349. The highest BCUT2D eigenvalue weighted by atomic mass is 32.1. The monoisotopic (exact) mass is 380 g/mol. The minimum Gasteiger partial charge on any atom is -0.494 e. The first-order valence-corrected chi connectivity index (χ1v) is 9.03. The molecule has 2 aromatic carbocycles. The standard InChI is InChI=1S/C21H20N2O3S/c1-4-26-16-8-6-15(7-9-16)12-17-19(24)22-21(27)23(20(17)25)18-10-5-13(2)11-14(18)3/h5-12H,4H2,1-3H3,(H,22,24,27)/b17-12+. The second-order valence-electron chi connectivity index (χ2n) is 6.25. The van der Waals surface area contributed by atoms with E-state index in [-0.39, 0.29) is 10.7 Å². The molecular weight excluding hydrogens is 360 g/mol. The lowest BCUT2D eigenvalue weighted by Crippen LogP contribution is -2.54. The summed E-state index contributed by atoms with van der Waals surface area (Å²) in [6.45, 7) is 6.37. The molecule has 2 amide bonds. The second-order valence-corrected chi connectivity index (χ2v) is 6.64. The van der Waals surface area contributed by atoms with Crippen molar-refractivity contribution < 1.29 is 14.3 Å². The number of amides is 2. The van der Waals surface area contributed by atoms with Gasteiger partial charge >= 0.3 is 0 Å². The molecule has 1 N–H and O–H groups in total. The first-order valence-electron chi connectivity index (χ1n) is 8.62. The minimum atomic E-state index is -0.500. The number of thiocarbonyl (C=S) groups is 1. The van der Waals surface area contributed by atoms with Crippen molar-refractivity contribution in [3.8, 4) is 5.75 Å². The van der Waals surface area contributed by atoms with Gasteiger partial charge in [-0.05, 0) is 68.4 Å². The fraction of sp³-hybridized carbons (Fsp3) is 0.190. The Morgan fingerprint density at radius 1 is 1.11 bits per heavy atom. The average molecular weight is 380 g/mol. The van der Waals surface area contributed by atoms with Crippen molar-refractivity contribution in [2.75, 3.05) is 11.5 Å². The molecule has 0 aliphatic carbocycles. The first kappa shape index (κ1) is 18.8. The summed E-state index contributed by atoms with van der Waals surface area (Å²) in [5.74, 6) is -0.207. The van der Waals surface area contributed by atoms with Crippen molar-refractivity contribution in [3.05, 3.63) is 64.7 Å². The van der Waals surface area contributed by atoms with Crippen LogP contribution in [0.15, 0.2) is 48.0 Å². The smallest absolute Gasteiger partial charge is 0.270 e. The highest BCUT2D eigenvalue weighted by molar-refractivity contribution is 7.80. The maximum atomic E-state index is 13.0. The molecular formula is C21H20N2O3S. The van der Waals surface area contributed by atoms with Gasteiger partial charge in [0.25, 0.3) is 11.8 Å². The number of benzene rings is 2. The number of rotatable bonds is 4. The van der Waals surface area contributed by atoms with Gasteiger partial charge in [-0.15, -0.1) is 0 Å². The Balaban J connectivity index is 1.97. The Labute approximate surface area is 163 Å². The van der Waals surface area contributed by atoms with Crippen LogP contribution in [0.3, 0.4) is 0 Å². The van der Waals surface area contributed by atoms with Crippen LogP contribution in [-0.2, 0) is 9.59 Å². The van der Waals surface area contributed by atoms with E-state index in [0.717, 1.165) is 22.4 Å². The third kappa shape index (κ3) is 3.90. The summed E-state index contributed by atoms with van der Waals surface area (Å²) in [5, 5.41) is 2.69. The van der Waals surface area contributed by atoms with Gasteiger partial charge in [-0.2, -0.15) is 0 Å². The van der Waals surface area contributed by atoms with E-state index in [9.17, 15) is 9.59 Å². The van der Waals surface area contributed by atoms with Crippen LogP contribution >= 0.6 is 12.2 Å².